The first-order valence-corrected chi connectivity index (χ1v) is 8.67. The summed E-state index contributed by atoms with van der Waals surface area (Å²) in [7, 11) is 0. The molecule has 25 heavy (non-hydrogen) atoms. The van der Waals surface area contributed by atoms with Gasteiger partial charge in [-0.25, -0.2) is 0 Å². The molecule has 2 heterocycles. The summed E-state index contributed by atoms with van der Waals surface area (Å²) in [5, 5.41) is 13.7. The molecule has 138 valence electrons. The summed E-state index contributed by atoms with van der Waals surface area (Å²) in [6, 6.07) is 3.41. The van der Waals surface area contributed by atoms with Crippen LogP contribution in [0.25, 0.3) is 0 Å². The lowest BCUT2D eigenvalue weighted by atomic mass is 9.85. The molecule has 1 aromatic carbocycles. The van der Waals surface area contributed by atoms with Gasteiger partial charge in [-0.3, -0.25) is 4.79 Å². The molecule has 2 aliphatic rings. The third-order valence-electron chi connectivity index (χ3n) is 4.38. The number of hydrogen-bond donors (Lipinski definition) is 2. The Morgan fingerprint density at radius 1 is 1.40 bits per heavy atom. The number of rotatable bonds is 2. The summed E-state index contributed by atoms with van der Waals surface area (Å²) < 4.78 is 43.9. The molecule has 2 atom stereocenters. The van der Waals surface area contributed by atoms with Gasteiger partial charge in [0.25, 0.3) is 0 Å². The number of piperazine rings is 1. The largest absolute Gasteiger partial charge is 0.485 e. The maximum atomic E-state index is 12.7. The van der Waals surface area contributed by atoms with Crippen LogP contribution >= 0.6 is 11.8 Å². The van der Waals surface area contributed by atoms with Crippen molar-refractivity contribution < 1.29 is 27.8 Å². The lowest BCUT2D eigenvalue weighted by Gasteiger charge is -2.47. The number of benzene rings is 1. The Morgan fingerprint density at radius 2 is 2.12 bits per heavy atom. The molecule has 2 unspecified atom stereocenters. The van der Waals surface area contributed by atoms with Gasteiger partial charge in [0.05, 0.1) is 12.6 Å². The molecule has 0 aromatic heterocycles. The molecule has 2 N–H and O–H groups in total. The highest BCUT2D eigenvalue weighted by atomic mass is 32.2. The van der Waals surface area contributed by atoms with Gasteiger partial charge in [-0.05, 0) is 43.8 Å². The van der Waals surface area contributed by atoms with Gasteiger partial charge in [0.15, 0.2) is 0 Å². The van der Waals surface area contributed by atoms with Crippen molar-refractivity contribution in [3.63, 3.8) is 0 Å². The second-order valence-corrected chi connectivity index (χ2v) is 7.74. The summed E-state index contributed by atoms with van der Waals surface area (Å²) >= 11 is -0.229. The van der Waals surface area contributed by atoms with E-state index < -0.39 is 23.3 Å². The predicted octanol–water partition coefficient (Wildman–Crippen LogP) is 2.30. The molecule has 1 saturated heterocycles. The van der Waals surface area contributed by atoms with Crippen molar-refractivity contribution >= 4 is 17.7 Å². The lowest BCUT2D eigenvalue weighted by molar-refractivity contribution is -0.145. The molecule has 3 rings (SSSR count). The third kappa shape index (κ3) is 3.73. The van der Waals surface area contributed by atoms with Gasteiger partial charge in [0.2, 0.25) is 5.91 Å². The number of alkyl halides is 3. The Bertz CT molecular complexity index is 681. The standard InChI is InChI=1S/C16H19F3N2O3S/c1-15(2)14(23)13(21-6-5-20-8-12(21)22)10-7-9(25-16(17,18)19)3-4-11(10)24-15/h3-4,7,13-14,20,23H,5-6,8H2,1-2H3. The molecule has 0 bridgehead atoms. The molecule has 2 aliphatic heterocycles. The Hall–Kier alpha value is -1.45. The first kappa shape index (κ1) is 18.3. The number of aliphatic hydroxyl groups is 1. The van der Waals surface area contributed by atoms with Crippen molar-refractivity contribution in [3.8, 4) is 5.75 Å². The summed E-state index contributed by atoms with van der Waals surface area (Å²) in [5.41, 5.74) is -4.99. The van der Waals surface area contributed by atoms with E-state index in [1.807, 2.05) is 0 Å². The summed E-state index contributed by atoms with van der Waals surface area (Å²) in [5.74, 6) is 0.186. The smallest absolute Gasteiger partial charge is 0.446 e. The minimum Gasteiger partial charge on any atom is -0.485 e. The van der Waals surface area contributed by atoms with Crippen LogP contribution in [0.2, 0.25) is 0 Å². The summed E-state index contributed by atoms with van der Waals surface area (Å²) in [6.07, 6.45) is -1.06. The fourth-order valence-electron chi connectivity index (χ4n) is 3.20. The second-order valence-electron chi connectivity index (χ2n) is 6.61. The second kappa shape index (κ2) is 6.37. The number of carbonyl (C=O) groups excluding carboxylic acids is 1. The fourth-order valence-corrected chi connectivity index (χ4v) is 3.78. The SMILES string of the molecule is CC1(C)Oc2ccc(SC(F)(F)F)cc2C(N2CCNCC2=O)C1O. The van der Waals surface area contributed by atoms with E-state index in [0.717, 1.165) is 0 Å². The van der Waals surface area contributed by atoms with Crippen LogP contribution in [0.15, 0.2) is 23.1 Å². The topological polar surface area (TPSA) is 61.8 Å². The number of aliphatic hydroxyl groups excluding tert-OH is 1. The Labute approximate surface area is 147 Å². The van der Waals surface area contributed by atoms with Crippen molar-refractivity contribution in [3.05, 3.63) is 23.8 Å². The van der Waals surface area contributed by atoms with Crippen molar-refractivity contribution in [2.45, 2.75) is 42.0 Å². The van der Waals surface area contributed by atoms with Crippen LogP contribution in [0.1, 0.15) is 25.5 Å². The zero-order valence-electron chi connectivity index (χ0n) is 13.8. The van der Waals surface area contributed by atoms with Crippen molar-refractivity contribution in [1.29, 1.82) is 0 Å². The van der Waals surface area contributed by atoms with Crippen LogP contribution in [-0.2, 0) is 4.79 Å². The van der Waals surface area contributed by atoms with Gasteiger partial charge < -0.3 is 20.1 Å². The Kier molecular flexibility index (Phi) is 4.67. The number of hydrogen-bond acceptors (Lipinski definition) is 5. The molecular formula is C16H19F3N2O3S. The first-order valence-electron chi connectivity index (χ1n) is 7.85. The Morgan fingerprint density at radius 3 is 2.76 bits per heavy atom. The third-order valence-corrected chi connectivity index (χ3v) is 5.10. The average Bonchev–Trinajstić information content (AvgIpc) is 2.49. The molecule has 0 aliphatic carbocycles. The fraction of sp³-hybridized carbons (Fsp3) is 0.562. The highest BCUT2D eigenvalue weighted by Crippen LogP contribution is 2.46. The minimum absolute atomic E-state index is 0.00524. The van der Waals surface area contributed by atoms with E-state index in [1.165, 1.54) is 23.1 Å². The maximum Gasteiger partial charge on any atom is 0.446 e. The monoisotopic (exact) mass is 376 g/mol. The van der Waals surface area contributed by atoms with Crippen LogP contribution < -0.4 is 10.1 Å². The molecule has 0 saturated carbocycles. The van der Waals surface area contributed by atoms with E-state index >= 15 is 0 Å². The van der Waals surface area contributed by atoms with Crippen LogP contribution in [-0.4, -0.2) is 52.8 Å². The number of ether oxygens (including phenoxy) is 1. The molecule has 5 nitrogen and oxygen atoms in total. The van der Waals surface area contributed by atoms with Crippen molar-refractivity contribution in [2.24, 2.45) is 0 Å². The van der Waals surface area contributed by atoms with E-state index in [1.54, 1.807) is 13.8 Å². The van der Waals surface area contributed by atoms with E-state index in [9.17, 15) is 23.1 Å². The minimum atomic E-state index is -4.41. The quantitative estimate of drug-likeness (QED) is 0.776. The van der Waals surface area contributed by atoms with Gasteiger partial charge in [-0.2, -0.15) is 13.2 Å². The van der Waals surface area contributed by atoms with Crippen LogP contribution in [0, 0.1) is 0 Å². The van der Waals surface area contributed by atoms with Crippen LogP contribution in [0.5, 0.6) is 5.75 Å². The average molecular weight is 376 g/mol. The maximum absolute atomic E-state index is 12.7. The number of carbonyl (C=O) groups is 1. The lowest BCUT2D eigenvalue weighted by Crippen LogP contribution is -2.58. The molecule has 0 spiro atoms. The highest BCUT2D eigenvalue weighted by molar-refractivity contribution is 8.00. The highest BCUT2D eigenvalue weighted by Gasteiger charge is 2.47. The van der Waals surface area contributed by atoms with E-state index in [2.05, 4.69) is 5.32 Å². The summed E-state index contributed by atoms with van der Waals surface area (Å²) in [4.78, 5) is 13.8. The number of nitrogens with one attached hydrogen (secondary N) is 1. The molecule has 1 aromatic rings. The molecule has 1 fully saturated rings. The van der Waals surface area contributed by atoms with Gasteiger partial charge in [-0.15, -0.1) is 0 Å². The van der Waals surface area contributed by atoms with Gasteiger partial charge >= 0.3 is 5.51 Å². The zero-order chi connectivity index (χ0) is 18.4. The normalized spacial score (nSPS) is 26.2. The van der Waals surface area contributed by atoms with E-state index in [0.29, 0.717) is 24.4 Å². The molecular weight excluding hydrogens is 357 g/mol. The molecule has 1 amide bonds. The van der Waals surface area contributed by atoms with E-state index in [4.69, 9.17) is 4.74 Å². The van der Waals surface area contributed by atoms with Crippen LogP contribution in [0.4, 0.5) is 13.2 Å². The van der Waals surface area contributed by atoms with Crippen LogP contribution in [0.3, 0.4) is 0 Å². The number of thioether (sulfide) groups is 1. The predicted molar refractivity (Wildman–Crippen MR) is 86.4 cm³/mol. The first-order chi connectivity index (χ1) is 11.6. The van der Waals surface area contributed by atoms with Crippen molar-refractivity contribution in [1.82, 2.24) is 10.2 Å². The Balaban J connectivity index is 2.04. The number of amides is 1. The van der Waals surface area contributed by atoms with Gasteiger partial charge in [0.1, 0.15) is 17.5 Å². The van der Waals surface area contributed by atoms with E-state index in [-0.39, 0.29) is 29.1 Å². The summed E-state index contributed by atoms with van der Waals surface area (Å²) in [6.45, 7) is 4.45. The number of nitrogens with zero attached hydrogens (tertiary/aromatic N) is 1. The molecule has 9 heteroatoms. The van der Waals surface area contributed by atoms with Crippen molar-refractivity contribution in [2.75, 3.05) is 19.6 Å². The van der Waals surface area contributed by atoms with Gasteiger partial charge in [0, 0.05) is 23.5 Å². The number of fused-ring (bicyclic) bond motifs is 1. The van der Waals surface area contributed by atoms with Gasteiger partial charge in [-0.1, -0.05) is 0 Å². The number of halogens is 3. The molecule has 0 radical (unpaired) electrons. The zero-order valence-corrected chi connectivity index (χ0v) is 14.6.